The molecule has 17 heavy (non-hydrogen) atoms. The van der Waals surface area contributed by atoms with Crippen molar-refractivity contribution in [1.29, 1.82) is 0 Å². The Labute approximate surface area is 99.5 Å². The topological polar surface area (TPSA) is 66.0 Å². The molecule has 1 aliphatic heterocycles. The molecule has 1 saturated heterocycles. The van der Waals surface area contributed by atoms with E-state index in [9.17, 15) is 0 Å². The van der Waals surface area contributed by atoms with Crippen LogP contribution in [0.1, 0.15) is 12.8 Å². The zero-order valence-corrected chi connectivity index (χ0v) is 9.67. The van der Waals surface area contributed by atoms with Crippen LogP contribution in [0.25, 0.3) is 11.0 Å². The summed E-state index contributed by atoms with van der Waals surface area (Å²) in [4.78, 5) is 0. The van der Waals surface area contributed by atoms with E-state index in [0.717, 1.165) is 49.3 Å². The van der Waals surface area contributed by atoms with Crippen molar-refractivity contribution in [3.8, 4) is 0 Å². The van der Waals surface area contributed by atoms with Crippen molar-refractivity contribution in [2.45, 2.75) is 19.4 Å². The van der Waals surface area contributed by atoms with Crippen LogP contribution in [-0.4, -0.2) is 28.2 Å². The Morgan fingerprint density at radius 2 is 2.18 bits per heavy atom. The predicted molar refractivity (Wildman–Crippen MR) is 65.5 cm³/mol. The zero-order chi connectivity index (χ0) is 11.7. The molecule has 5 heteroatoms. The minimum Gasteiger partial charge on any atom is -0.399 e. The smallest absolute Gasteiger partial charge is 0.115 e. The molecule has 0 unspecified atom stereocenters. The van der Waals surface area contributed by atoms with E-state index in [1.165, 1.54) is 0 Å². The van der Waals surface area contributed by atoms with E-state index >= 15 is 0 Å². The van der Waals surface area contributed by atoms with Gasteiger partial charge in [-0.25, -0.2) is 4.68 Å². The molecule has 3 rings (SSSR count). The van der Waals surface area contributed by atoms with Gasteiger partial charge in [-0.3, -0.25) is 0 Å². The second-order valence-corrected chi connectivity index (χ2v) is 4.58. The summed E-state index contributed by atoms with van der Waals surface area (Å²) in [5.41, 5.74) is 8.39. The maximum Gasteiger partial charge on any atom is 0.115 e. The van der Waals surface area contributed by atoms with Crippen LogP contribution in [0.3, 0.4) is 0 Å². The number of nitrogens with two attached hydrogens (primary N) is 1. The number of hydrogen-bond donors (Lipinski definition) is 1. The minimum atomic E-state index is 0.645. The summed E-state index contributed by atoms with van der Waals surface area (Å²) in [5.74, 6) is 0.645. The largest absolute Gasteiger partial charge is 0.399 e. The highest BCUT2D eigenvalue weighted by Crippen LogP contribution is 2.20. The van der Waals surface area contributed by atoms with Crippen LogP contribution >= 0.6 is 0 Å². The molecule has 2 heterocycles. The Kier molecular flexibility index (Phi) is 2.68. The minimum absolute atomic E-state index is 0.645. The van der Waals surface area contributed by atoms with Gasteiger partial charge in [0.1, 0.15) is 5.52 Å². The lowest BCUT2D eigenvalue weighted by molar-refractivity contribution is 0.0604. The lowest BCUT2D eigenvalue weighted by atomic mass is 10.0. The van der Waals surface area contributed by atoms with Crippen LogP contribution in [0, 0.1) is 5.92 Å². The molecule has 0 atom stereocenters. The van der Waals surface area contributed by atoms with Gasteiger partial charge >= 0.3 is 0 Å². The molecule has 0 spiro atoms. The molecule has 0 amide bonds. The van der Waals surface area contributed by atoms with Crippen molar-refractivity contribution < 1.29 is 4.74 Å². The molecule has 0 bridgehead atoms. The van der Waals surface area contributed by atoms with E-state index in [4.69, 9.17) is 10.5 Å². The van der Waals surface area contributed by atoms with Gasteiger partial charge in [-0.2, -0.15) is 0 Å². The lowest BCUT2D eigenvalue weighted by Crippen LogP contribution is -2.20. The summed E-state index contributed by atoms with van der Waals surface area (Å²) in [5, 5.41) is 8.35. The number of rotatable bonds is 2. The van der Waals surface area contributed by atoms with E-state index in [2.05, 4.69) is 10.3 Å². The Morgan fingerprint density at radius 1 is 1.35 bits per heavy atom. The van der Waals surface area contributed by atoms with Crippen molar-refractivity contribution in [2.24, 2.45) is 5.92 Å². The van der Waals surface area contributed by atoms with Crippen molar-refractivity contribution >= 4 is 16.7 Å². The molecule has 2 N–H and O–H groups in total. The average Bonchev–Trinajstić information content (AvgIpc) is 2.73. The van der Waals surface area contributed by atoms with Crippen molar-refractivity contribution in [2.75, 3.05) is 18.9 Å². The number of ether oxygens (including phenoxy) is 1. The molecule has 1 fully saturated rings. The van der Waals surface area contributed by atoms with Gasteiger partial charge in [0.2, 0.25) is 0 Å². The van der Waals surface area contributed by atoms with Gasteiger partial charge in [0.25, 0.3) is 0 Å². The van der Waals surface area contributed by atoms with Gasteiger partial charge in [0, 0.05) is 25.4 Å². The molecular weight excluding hydrogens is 216 g/mol. The maximum absolute atomic E-state index is 5.72. The summed E-state index contributed by atoms with van der Waals surface area (Å²) in [6, 6.07) is 5.75. The third-order valence-corrected chi connectivity index (χ3v) is 3.31. The molecule has 1 aliphatic rings. The Bertz CT molecular complexity index is 516. The quantitative estimate of drug-likeness (QED) is 0.796. The Morgan fingerprint density at radius 3 is 3.00 bits per heavy atom. The molecule has 90 valence electrons. The van der Waals surface area contributed by atoms with E-state index < -0.39 is 0 Å². The van der Waals surface area contributed by atoms with Crippen molar-refractivity contribution in [3.63, 3.8) is 0 Å². The van der Waals surface area contributed by atoms with Gasteiger partial charge in [0.05, 0.1) is 5.52 Å². The van der Waals surface area contributed by atoms with E-state index in [1.807, 2.05) is 22.9 Å². The van der Waals surface area contributed by atoms with Gasteiger partial charge < -0.3 is 10.5 Å². The fourth-order valence-corrected chi connectivity index (χ4v) is 2.30. The summed E-state index contributed by atoms with van der Waals surface area (Å²) in [7, 11) is 0. The van der Waals surface area contributed by atoms with Gasteiger partial charge in [-0.1, -0.05) is 5.21 Å². The van der Waals surface area contributed by atoms with E-state index in [1.54, 1.807) is 0 Å². The van der Waals surface area contributed by atoms with E-state index in [0.29, 0.717) is 5.92 Å². The van der Waals surface area contributed by atoms with Gasteiger partial charge in [0.15, 0.2) is 0 Å². The number of benzene rings is 1. The molecular formula is C12H16N4O. The molecule has 5 nitrogen and oxygen atoms in total. The Hall–Kier alpha value is -1.62. The molecule has 1 aromatic heterocycles. The predicted octanol–water partition coefficient (Wildman–Crippen LogP) is 1.44. The number of fused-ring (bicyclic) bond motifs is 1. The van der Waals surface area contributed by atoms with Crippen LogP contribution in [0.15, 0.2) is 18.2 Å². The van der Waals surface area contributed by atoms with Crippen molar-refractivity contribution in [1.82, 2.24) is 15.0 Å². The summed E-state index contributed by atoms with van der Waals surface area (Å²) in [6.07, 6.45) is 2.21. The summed E-state index contributed by atoms with van der Waals surface area (Å²) >= 11 is 0. The SMILES string of the molecule is Nc1ccc2c(c1)nnn2CC1CCOCC1. The number of nitrogen functional groups attached to an aromatic ring is 1. The number of hydrogen-bond acceptors (Lipinski definition) is 4. The number of anilines is 1. The summed E-state index contributed by atoms with van der Waals surface area (Å²) in [6.45, 7) is 2.65. The highest BCUT2D eigenvalue weighted by molar-refractivity contribution is 5.77. The monoisotopic (exact) mass is 232 g/mol. The lowest BCUT2D eigenvalue weighted by Gasteiger charge is -2.21. The van der Waals surface area contributed by atoms with Crippen LogP contribution in [-0.2, 0) is 11.3 Å². The highest BCUT2D eigenvalue weighted by atomic mass is 16.5. The van der Waals surface area contributed by atoms with Crippen LogP contribution in [0.4, 0.5) is 5.69 Å². The molecule has 2 aromatic rings. The highest BCUT2D eigenvalue weighted by Gasteiger charge is 2.16. The first-order chi connectivity index (χ1) is 8.33. The molecule has 0 aliphatic carbocycles. The molecule has 0 radical (unpaired) electrons. The average molecular weight is 232 g/mol. The van der Waals surface area contributed by atoms with E-state index in [-0.39, 0.29) is 0 Å². The first-order valence-electron chi connectivity index (χ1n) is 5.99. The van der Waals surface area contributed by atoms with Crippen molar-refractivity contribution in [3.05, 3.63) is 18.2 Å². The number of aromatic nitrogens is 3. The number of nitrogens with zero attached hydrogens (tertiary/aromatic N) is 3. The Balaban J connectivity index is 1.84. The third kappa shape index (κ3) is 2.10. The van der Waals surface area contributed by atoms with Crippen LogP contribution in [0.2, 0.25) is 0 Å². The zero-order valence-electron chi connectivity index (χ0n) is 9.67. The standard InChI is InChI=1S/C12H16N4O/c13-10-1-2-12-11(7-10)14-15-16(12)8-9-3-5-17-6-4-9/h1-2,7,9H,3-6,8,13H2. The molecule has 1 aromatic carbocycles. The second-order valence-electron chi connectivity index (χ2n) is 4.58. The first-order valence-corrected chi connectivity index (χ1v) is 5.99. The maximum atomic E-state index is 5.72. The first kappa shape index (κ1) is 10.5. The third-order valence-electron chi connectivity index (χ3n) is 3.31. The van der Waals surface area contributed by atoms with Gasteiger partial charge in [-0.05, 0) is 37.0 Å². The second kappa shape index (κ2) is 4.33. The molecule has 0 saturated carbocycles. The normalized spacial score (nSPS) is 17.6. The fraction of sp³-hybridized carbons (Fsp3) is 0.500. The van der Waals surface area contributed by atoms with Crippen LogP contribution < -0.4 is 5.73 Å². The van der Waals surface area contributed by atoms with Crippen LogP contribution in [0.5, 0.6) is 0 Å². The summed E-state index contributed by atoms with van der Waals surface area (Å²) < 4.78 is 7.34. The van der Waals surface area contributed by atoms with Gasteiger partial charge in [-0.15, -0.1) is 5.10 Å². The fourth-order valence-electron chi connectivity index (χ4n) is 2.30.